The van der Waals surface area contributed by atoms with Crippen LogP contribution in [0.4, 0.5) is 0 Å². The van der Waals surface area contributed by atoms with Crippen molar-refractivity contribution >= 4 is 33.9 Å². The Hall–Kier alpha value is -3.17. The van der Waals surface area contributed by atoms with Crippen molar-refractivity contribution in [3.05, 3.63) is 139 Å². The molecule has 5 aromatic rings. The molecule has 5 rings (SSSR count). The monoisotopic (exact) mass is 492 g/mol. The molecule has 0 N–H and O–H groups in total. The molecule has 154 valence electrons. The topological polar surface area (TPSA) is 0 Å². The van der Waals surface area contributed by atoms with Crippen molar-refractivity contribution in [2.24, 2.45) is 0 Å². The van der Waals surface area contributed by atoms with Crippen molar-refractivity contribution in [2.75, 3.05) is 0 Å². The van der Waals surface area contributed by atoms with Gasteiger partial charge in [0.2, 0.25) is 0 Å². The van der Waals surface area contributed by atoms with Gasteiger partial charge < -0.3 is 17.0 Å². The molecule has 0 heterocycles. The lowest BCUT2D eigenvalue weighted by Gasteiger charge is -2.21. The molecular formula is C30H22BrP. The zero-order valence-electron chi connectivity index (χ0n) is 17.5. The van der Waals surface area contributed by atoms with E-state index in [1.54, 1.807) is 0 Å². The van der Waals surface area contributed by atoms with Gasteiger partial charge in [-0.25, -0.2) is 0 Å². The highest BCUT2D eigenvalue weighted by atomic mass is 79.9. The lowest BCUT2D eigenvalue weighted by Crippen LogP contribution is -3.00. The first kappa shape index (κ1) is 22.0. The summed E-state index contributed by atoms with van der Waals surface area (Å²) >= 11 is 0. The van der Waals surface area contributed by atoms with Crippen LogP contribution in [0.5, 0.6) is 0 Å². The maximum absolute atomic E-state index is 3.82. The van der Waals surface area contributed by atoms with Gasteiger partial charge in [0.1, 0.15) is 15.9 Å². The van der Waals surface area contributed by atoms with Gasteiger partial charge in [-0.05, 0) is 65.2 Å². The molecule has 0 unspecified atom stereocenters. The molecule has 0 aliphatic heterocycles. The molecule has 0 aliphatic rings. The van der Waals surface area contributed by atoms with Gasteiger partial charge in [-0.2, -0.15) is 0 Å². The van der Waals surface area contributed by atoms with Crippen LogP contribution in [0.1, 0.15) is 5.56 Å². The summed E-state index contributed by atoms with van der Waals surface area (Å²) < 4.78 is 0. The van der Waals surface area contributed by atoms with E-state index >= 15 is 0 Å². The Morgan fingerprint density at radius 3 is 1.38 bits per heavy atom. The van der Waals surface area contributed by atoms with Gasteiger partial charge in [-0.15, -0.1) is 0 Å². The summed E-state index contributed by atoms with van der Waals surface area (Å²) in [5, 5.41) is 6.29. The fraction of sp³-hybridized carbons (Fsp3) is 0. The van der Waals surface area contributed by atoms with Crippen molar-refractivity contribution in [1.82, 2.24) is 0 Å². The second-order valence-corrected chi connectivity index (χ2v) is 10.6. The molecule has 0 aromatic heterocycles. The summed E-state index contributed by atoms with van der Waals surface area (Å²) in [6, 6.07) is 47.2. The van der Waals surface area contributed by atoms with E-state index in [0.29, 0.717) is 0 Å². The Morgan fingerprint density at radius 1 is 0.438 bits per heavy atom. The zero-order valence-corrected chi connectivity index (χ0v) is 20.0. The first-order valence-corrected chi connectivity index (χ1v) is 12.2. The molecule has 0 spiro atoms. The molecular weight excluding hydrogens is 471 g/mol. The summed E-state index contributed by atoms with van der Waals surface area (Å²) in [7, 11) is -2.14. The highest BCUT2D eigenvalue weighted by molar-refractivity contribution is 7.99. The minimum Gasteiger partial charge on any atom is -1.00 e. The van der Waals surface area contributed by atoms with Crippen molar-refractivity contribution in [2.45, 2.75) is 0 Å². The Balaban J connectivity index is 0.00000245. The molecule has 0 aliphatic carbocycles. The van der Waals surface area contributed by atoms with Crippen molar-refractivity contribution in [1.29, 1.82) is 0 Å². The first-order chi connectivity index (χ1) is 15.4. The summed E-state index contributed by atoms with van der Waals surface area (Å²) in [5.74, 6) is 3.57. The van der Waals surface area contributed by atoms with E-state index in [0.717, 1.165) is 5.56 Å². The van der Waals surface area contributed by atoms with E-state index in [1.165, 1.54) is 26.7 Å². The Kier molecular flexibility index (Phi) is 6.87. The first-order valence-electron chi connectivity index (χ1n) is 10.4. The van der Waals surface area contributed by atoms with E-state index in [-0.39, 0.29) is 17.0 Å². The highest BCUT2D eigenvalue weighted by Gasteiger charge is 2.44. The lowest BCUT2D eigenvalue weighted by molar-refractivity contribution is -0.00000582. The van der Waals surface area contributed by atoms with Crippen molar-refractivity contribution in [3.8, 4) is 11.6 Å². The molecule has 0 radical (unpaired) electrons. The third-order valence-electron chi connectivity index (χ3n) is 5.55. The van der Waals surface area contributed by atoms with Crippen LogP contribution in [0.3, 0.4) is 0 Å². The Bertz CT molecular complexity index is 1270. The molecule has 5 aromatic carbocycles. The molecule has 0 atom stereocenters. The Labute approximate surface area is 201 Å². The van der Waals surface area contributed by atoms with Crippen LogP contribution in [0.2, 0.25) is 0 Å². The summed E-state index contributed by atoms with van der Waals surface area (Å²) in [6.07, 6.45) is 0. The average molecular weight is 493 g/mol. The second kappa shape index (κ2) is 9.97. The van der Waals surface area contributed by atoms with Gasteiger partial charge in [-0.1, -0.05) is 84.9 Å². The number of rotatable bonds is 3. The number of benzene rings is 5. The highest BCUT2D eigenvalue weighted by Crippen LogP contribution is 2.54. The van der Waals surface area contributed by atoms with E-state index in [2.05, 4.69) is 145 Å². The van der Waals surface area contributed by atoms with E-state index in [9.17, 15) is 0 Å². The fourth-order valence-electron chi connectivity index (χ4n) is 4.01. The van der Waals surface area contributed by atoms with Gasteiger partial charge >= 0.3 is 0 Å². The van der Waals surface area contributed by atoms with Gasteiger partial charge in [0.25, 0.3) is 0 Å². The summed E-state index contributed by atoms with van der Waals surface area (Å²) in [4.78, 5) is 0. The second-order valence-electron chi connectivity index (χ2n) is 7.48. The number of hydrogen-bond donors (Lipinski definition) is 0. The van der Waals surface area contributed by atoms with Crippen molar-refractivity contribution in [3.63, 3.8) is 0 Å². The fourth-order valence-corrected chi connectivity index (χ4v) is 7.45. The maximum atomic E-state index is 3.82. The molecule has 0 fully saturated rings. The number of halogens is 1. The third-order valence-corrected chi connectivity index (χ3v) is 9.21. The van der Waals surface area contributed by atoms with Crippen LogP contribution in [-0.4, -0.2) is 0 Å². The maximum Gasteiger partial charge on any atom is 0.189 e. The quantitative estimate of drug-likeness (QED) is 0.268. The molecule has 32 heavy (non-hydrogen) atoms. The predicted octanol–water partition coefficient (Wildman–Crippen LogP) is 3.15. The summed E-state index contributed by atoms with van der Waals surface area (Å²) in [6.45, 7) is 0. The molecule has 0 amide bonds. The van der Waals surface area contributed by atoms with Gasteiger partial charge in [-0.3, -0.25) is 0 Å². The van der Waals surface area contributed by atoms with Crippen LogP contribution in [0, 0.1) is 11.6 Å². The molecule has 0 bridgehead atoms. The van der Waals surface area contributed by atoms with Gasteiger partial charge in [0.15, 0.2) is 7.26 Å². The van der Waals surface area contributed by atoms with Crippen LogP contribution in [-0.2, 0) is 0 Å². The average Bonchev–Trinajstić information content (AvgIpc) is 2.86. The van der Waals surface area contributed by atoms with Crippen LogP contribution < -0.4 is 32.9 Å². The lowest BCUT2D eigenvalue weighted by atomic mass is 10.1. The van der Waals surface area contributed by atoms with Gasteiger partial charge in [0, 0.05) is 5.56 Å². The van der Waals surface area contributed by atoms with E-state index < -0.39 is 7.26 Å². The molecule has 0 saturated heterocycles. The number of hydrogen-bond acceptors (Lipinski definition) is 0. The Morgan fingerprint density at radius 2 is 0.875 bits per heavy atom. The largest absolute Gasteiger partial charge is 1.00 e. The van der Waals surface area contributed by atoms with Crippen molar-refractivity contribution < 1.29 is 17.0 Å². The number of fused-ring (bicyclic) bond motifs is 1. The summed E-state index contributed by atoms with van der Waals surface area (Å²) in [5.41, 5.74) is 4.87. The van der Waals surface area contributed by atoms with E-state index in [4.69, 9.17) is 0 Å². The molecule has 0 nitrogen and oxygen atoms in total. The van der Waals surface area contributed by atoms with Crippen LogP contribution >= 0.6 is 7.26 Å². The molecule has 0 saturated carbocycles. The SMILES string of the molecule is C(#C[P+](c1ccccc1)(c1ccccc1)c1ccccc1)c1ccc2ccccc2c1.[Br-]. The zero-order chi connectivity index (χ0) is 20.9. The minimum absolute atomic E-state index is 0. The standard InChI is InChI=1S/C30H22P.BrH/c1-4-14-28(15-5-1)31(29-16-6-2-7-17-29,30-18-8-3-9-19-30)23-22-25-20-21-26-12-10-11-13-27(26)24-25;/h1-21,24H;1H/q+1;/p-1. The minimum atomic E-state index is -2.14. The van der Waals surface area contributed by atoms with Gasteiger partial charge in [0.05, 0.1) is 5.66 Å². The van der Waals surface area contributed by atoms with E-state index in [1.807, 2.05) is 0 Å². The van der Waals surface area contributed by atoms with Crippen LogP contribution in [0.15, 0.2) is 133 Å². The third kappa shape index (κ3) is 4.26. The predicted molar refractivity (Wildman–Crippen MR) is 136 cm³/mol. The smallest absolute Gasteiger partial charge is 0.189 e. The van der Waals surface area contributed by atoms with Crippen LogP contribution in [0.25, 0.3) is 10.8 Å². The molecule has 2 heteroatoms. The normalized spacial score (nSPS) is 10.6.